The van der Waals surface area contributed by atoms with Crippen LogP contribution in [0.3, 0.4) is 0 Å². The second-order valence-corrected chi connectivity index (χ2v) is 7.23. The summed E-state index contributed by atoms with van der Waals surface area (Å²) in [6, 6.07) is 0.827. The van der Waals surface area contributed by atoms with Gasteiger partial charge in [-0.1, -0.05) is 13.3 Å². The van der Waals surface area contributed by atoms with Crippen molar-refractivity contribution in [2.24, 2.45) is 22.9 Å². The van der Waals surface area contributed by atoms with Crippen molar-refractivity contribution in [3.63, 3.8) is 0 Å². The number of carboxylic acids is 4. The molecule has 0 bridgehead atoms. The predicted molar refractivity (Wildman–Crippen MR) is 129 cm³/mol. The first-order valence-electron chi connectivity index (χ1n) is 10.8. The van der Waals surface area contributed by atoms with Crippen LogP contribution in [0.5, 0.6) is 0 Å². The molecular formula is C21H48N4O8. The Bertz CT molecular complexity index is 415. The van der Waals surface area contributed by atoms with Crippen LogP contribution < -0.4 is 22.9 Å². The molecule has 3 unspecified atom stereocenters. The lowest BCUT2D eigenvalue weighted by Gasteiger charge is -2.17. The van der Waals surface area contributed by atoms with Crippen LogP contribution in [0.1, 0.15) is 86.0 Å². The highest BCUT2D eigenvalue weighted by Gasteiger charge is 2.09. The standard InChI is InChI=1S/C13H32N4.4C2H4O2/c1-2-4-11(15)6-8-13(17)9-7-12(16)5-3-10-14;4*1-2(3)4/h11-13H,2-10,14-17H2,1H3;4*1H3,(H,3,4). The molecule has 3 atom stereocenters. The minimum atomic E-state index is -0.833. The van der Waals surface area contributed by atoms with Gasteiger partial charge in [-0.3, -0.25) is 19.2 Å². The van der Waals surface area contributed by atoms with E-state index in [1.54, 1.807) is 0 Å². The van der Waals surface area contributed by atoms with Crippen LogP contribution in [-0.2, 0) is 19.2 Å². The summed E-state index contributed by atoms with van der Waals surface area (Å²) in [5.74, 6) is -3.33. The Kier molecular flexibility index (Phi) is 39.7. The van der Waals surface area contributed by atoms with Gasteiger partial charge in [0.1, 0.15) is 0 Å². The Morgan fingerprint density at radius 1 is 0.576 bits per heavy atom. The van der Waals surface area contributed by atoms with Gasteiger partial charge in [-0.05, 0) is 51.5 Å². The van der Waals surface area contributed by atoms with Crippen LogP contribution in [0.2, 0.25) is 0 Å². The Labute approximate surface area is 197 Å². The van der Waals surface area contributed by atoms with Crippen molar-refractivity contribution < 1.29 is 39.6 Å². The van der Waals surface area contributed by atoms with Gasteiger partial charge in [0.2, 0.25) is 0 Å². The van der Waals surface area contributed by atoms with E-state index in [0.29, 0.717) is 6.04 Å². The highest BCUT2D eigenvalue weighted by Crippen LogP contribution is 2.10. The van der Waals surface area contributed by atoms with Crippen molar-refractivity contribution in [1.82, 2.24) is 0 Å². The smallest absolute Gasteiger partial charge is 0.300 e. The lowest BCUT2D eigenvalue weighted by Crippen LogP contribution is -2.29. The number of carboxylic acid groups (broad SMARTS) is 4. The fraction of sp³-hybridized carbons (Fsp3) is 0.810. The molecule has 33 heavy (non-hydrogen) atoms. The number of aliphatic carboxylic acids is 4. The number of rotatable bonds is 11. The van der Waals surface area contributed by atoms with Crippen molar-refractivity contribution in [3.8, 4) is 0 Å². The zero-order valence-corrected chi connectivity index (χ0v) is 20.8. The van der Waals surface area contributed by atoms with Crippen LogP contribution in [-0.4, -0.2) is 69.0 Å². The molecule has 0 rings (SSSR count). The third-order valence-electron chi connectivity index (χ3n) is 3.26. The molecule has 0 aromatic carbocycles. The monoisotopic (exact) mass is 484 g/mol. The molecule has 0 aliphatic carbocycles. The van der Waals surface area contributed by atoms with Gasteiger partial charge in [0.25, 0.3) is 23.9 Å². The summed E-state index contributed by atoms with van der Waals surface area (Å²) in [5.41, 5.74) is 23.4. The predicted octanol–water partition coefficient (Wildman–Crippen LogP) is 1.43. The van der Waals surface area contributed by atoms with E-state index in [1.165, 1.54) is 0 Å². The average molecular weight is 485 g/mol. The van der Waals surface area contributed by atoms with E-state index in [4.69, 9.17) is 62.5 Å². The molecule has 0 aromatic rings. The van der Waals surface area contributed by atoms with Crippen molar-refractivity contribution in [2.45, 2.75) is 104 Å². The van der Waals surface area contributed by atoms with E-state index >= 15 is 0 Å². The van der Waals surface area contributed by atoms with Crippen LogP contribution in [0.25, 0.3) is 0 Å². The molecule has 0 aromatic heterocycles. The van der Waals surface area contributed by atoms with Gasteiger partial charge < -0.3 is 43.4 Å². The first-order valence-corrected chi connectivity index (χ1v) is 10.8. The third kappa shape index (κ3) is 105. The molecule has 12 N–H and O–H groups in total. The number of nitrogens with two attached hydrogens (primary N) is 4. The molecule has 0 spiro atoms. The van der Waals surface area contributed by atoms with E-state index in [1.807, 2.05) is 0 Å². The zero-order chi connectivity index (χ0) is 27.4. The fourth-order valence-corrected chi connectivity index (χ4v) is 2.04. The maximum Gasteiger partial charge on any atom is 0.300 e. The Balaban J connectivity index is -0.000000132. The minimum absolute atomic E-state index is 0.252. The van der Waals surface area contributed by atoms with Gasteiger partial charge in [-0.15, -0.1) is 0 Å². The molecule has 0 amide bonds. The maximum atomic E-state index is 9.00. The lowest BCUT2D eigenvalue weighted by molar-refractivity contribution is -0.135. The molecule has 12 heteroatoms. The Hall–Kier alpha value is -2.28. The molecule has 12 nitrogen and oxygen atoms in total. The Morgan fingerprint density at radius 3 is 1.00 bits per heavy atom. The SMILES string of the molecule is CC(=O)O.CC(=O)O.CC(=O)O.CC(=O)O.CCCC(N)CCC(N)CCC(N)CCCN. The van der Waals surface area contributed by atoms with Crippen LogP contribution in [0.4, 0.5) is 0 Å². The molecule has 0 saturated heterocycles. The second-order valence-electron chi connectivity index (χ2n) is 7.23. The Morgan fingerprint density at radius 2 is 0.788 bits per heavy atom. The average Bonchev–Trinajstić information content (AvgIpc) is 2.61. The summed E-state index contributed by atoms with van der Waals surface area (Å²) in [7, 11) is 0. The molecule has 0 fully saturated rings. The van der Waals surface area contributed by atoms with Gasteiger partial charge in [-0.2, -0.15) is 0 Å². The summed E-state index contributed by atoms with van der Waals surface area (Å²) in [5, 5.41) is 29.7. The number of hydrogen-bond acceptors (Lipinski definition) is 8. The molecule has 0 aliphatic rings. The van der Waals surface area contributed by atoms with Crippen molar-refractivity contribution in [3.05, 3.63) is 0 Å². The van der Waals surface area contributed by atoms with Gasteiger partial charge in [0.05, 0.1) is 0 Å². The molecule has 200 valence electrons. The van der Waals surface area contributed by atoms with Gasteiger partial charge in [0.15, 0.2) is 0 Å². The second kappa shape index (κ2) is 31.9. The molecule has 0 saturated carbocycles. The van der Waals surface area contributed by atoms with E-state index in [0.717, 1.165) is 85.6 Å². The highest BCUT2D eigenvalue weighted by atomic mass is 16.4. The summed E-state index contributed by atoms with van der Waals surface area (Å²) < 4.78 is 0. The van der Waals surface area contributed by atoms with Gasteiger partial charge in [-0.25, -0.2) is 0 Å². The summed E-state index contributed by atoms with van der Waals surface area (Å²) in [6.45, 7) is 7.22. The third-order valence-corrected chi connectivity index (χ3v) is 3.26. The minimum Gasteiger partial charge on any atom is -0.481 e. The zero-order valence-electron chi connectivity index (χ0n) is 20.8. The molecular weight excluding hydrogens is 436 g/mol. The first-order chi connectivity index (χ1) is 15.0. The number of carbonyl (C=O) groups is 4. The summed E-state index contributed by atoms with van der Waals surface area (Å²) >= 11 is 0. The number of hydrogen-bond donors (Lipinski definition) is 8. The van der Waals surface area contributed by atoms with Crippen molar-refractivity contribution in [2.75, 3.05) is 6.54 Å². The molecule has 0 radical (unpaired) electrons. The topological polar surface area (TPSA) is 253 Å². The first kappa shape index (κ1) is 41.0. The van der Waals surface area contributed by atoms with Crippen molar-refractivity contribution >= 4 is 23.9 Å². The van der Waals surface area contributed by atoms with Crippen LogP contribution in [0, 0.1) is 0 Å². The maximum absolute atomic E-state index is 9.00. The fourth-order valence-electron chi connectivity index (χ4n) is 2.04. The van der Waals surface area contributed by atoms with Gasteiger partial charge in [0, 0.05) is 45.8 Å². The van der Waals surface area contributed by atoms with E-state index in [-0.39, 0.29) is 12.1 Å². The van der Waals surface area contributed by atoms with Crippen molar-refractivity contribution in [1.29, 1.82) is 0 Å². The lowest BCUT2D eigenvalue weighted by atomic mass is 9.98. The van der Waals surface area contributed by atoms with E-state index in [2.05, 4.69) is 6.92 Å². The quantitative estimate of drug-likeness (QED) is 0.207. The van der Waals surface area contributed by atoms with E-state index < -0.39 is 23.9 Å². The molecule has 0 heterocycles. The largest absolute Gasteiger partial charge is 0.481 e. The van der Waals surface area contributed by atoms with Gasteiger partial charge >= 0.3 is 0 Å². The molecule has 0 aliphatic heterocycles. The summed E-state index contributed by atoms with van der Waals surface area (Å²) in [4.78, 5) is 36.0. The van der Waals surface area contributed by atoms with E-state index in [9.17, 15) is 0 Å². The van der Waals surface area contributed by atoms with Crippen LogP contribution in [0.15, 0.2) is 0 Å². The summed E-state index contributed by atoms with van der Waals surface area (Å²) in [6.07, 6.45) is 8.34. The highest BCUT2D eigenvalue weighted by molar-refractivity contribution is 5.63. The normalized spacial score (nSPS) is 11.7. The van der Waals surface area contributed by atoms with Crippen LogP contribution >= 0.6 is 0 Å².